The standard InChI is InChI=1S/C23H30N6O2.HI/c1-3-17-30-20-8-10-21(11-9-20)31-22-19(7-4-12-25-22)18-27-23(24-2)26-13-5-15-29-16-6-14-28-29;/h4,6-12,14,16H,3,5,13,15,17-18H2,1-2H3,(H2,24,26,27);1H. The lowest BCUT2D eigenvalue weighted by Crippen LogP contribution is -2.37. The number of pyridine rings is 1. The second-order valence-corrected chi connectivity index (χ2v) is 6.86. The number of rotatable bonds is 11. The van der Waals surface area contributed by atoms with E-state index < -0.39 is 0 Å². The number of aryl methyl sites for hydroxylation is 1. The fourth-order valence-electron chi connectivity index (χ4n) is 2.87. The van der Waals surface area contributed by atoms with E-state index in [1.54, 1.807) is 19.4 Å². The van der Waals surface area contributed by atoms with Crippen LogP contribution in [0.3, 0.4) is 0 Å². The molecule has 2 N–H and O–H groups in total. The second kappa shape index (κ2) is 14.3. The highest BCUT2D eigenvalue weighted by molar-refractivity contribution is 14.0. The van der Waals surface area contributed by atoms with E-state index in [0.717, 1.165) is 43.2 Å². The van der Waals surface area contributed by atoms with Crippen LogP contribution in [0.25, 0.3) is 0 Å². The first kappa shape index (κ1) is 25.4. The number of halogens is 1. The molecule has 0 unspecified atom stereocenters. The summed E-state index contributed by atoms with van der Waals surface area (Å²) in [6.45, 7) is 4.98. The van der Waals surface area contributed by atoms with Gasteiger partial charge in [-0.2, -0.15) is 5.10 Å². The Kier molecular flexibility index (Phi) is 11.4. The number of benzene rings is 1. The Balaban J connectivity index is 0.00000363. The molecular formula is C23H31IN6O2. The summed E-state index contributed by atoms with van der Waals surface area (Å²) in [7, 11) is 1.76. The number of hydrogen-bond acceptors (Lipinski definition) is 5. The Morgan fingerprint density at radius 2 is 1.88 bits per heavy atom. The number of aromatic nitrogens is 3. The number of guanidine groups is 1. The number of hydrogen-bond donors (Lipinski definition) is 2. The molecule has 0 aliphatic rings. The zero-order valence-electron chi connectivity index (χ0n) is 18.5. The lowest BCUT2D eigenvalue weighted by molar-refractivity contribution is 0.317. The molecular weight excluding hydrogens is 519 g/mol. The average molecular weight is 550 g/mol. The van der Waals surface area contributed by atoms with Crippen LogP contribution >= 0.6 is 24.0 Å². The van der Waals surface area contributed by atoms with Crippen molar-refractivity contribution in [2.45, 2.75) is 32.9 Å². The summed E-state index contributed by atoms with van der Waals surface area (Å²) in [5, 5.41) is 10.8. The lowest BCUT2D eigenvalue weighted by Gasteiger charge is -2.14. The predicted molar refractivity (Wildman–Crippen MR) is 137 cm³/mol. The summed E-state index contributed by atoms with van der Waals surface area (Å²) in [6.07, 6.45) is 7.39. The van der Waals surface area contributed by atoms with Gasteiger partial charge in [0, 0.05) is 50.8 Å². The van der Waals surface area contributed by atoms with Gasteiger partial charge in [-0.05, 0) is 49.2 Å². The van der Waals surface area contributed by atoms with Crippen LogP contribution in [0.5, 0.6) is 17.4 Å². The Hall–Kier alpha value is -2.82. The third kappa shape index (κ3) is 8.37. The van der Waals surface area contributed by atoms with Gasteiger partial charge in [-0.3, -0.25) is 9.67 Å². The zero-order valence-corrected chi connectivity index (χ0v) is 20.9. The van der Waals surface area contributed by atoms with Crippen LogP contribution < -0.4 is 20.1 Å². The minimum Gasteiger partial charge on any atom is -0.494 e. The Morgan fingerprint density at radius 1 is 1.06 bits per heavy atom. The van der Waals surface area contributed by atoms with Gasteiger partial charge in [0.05, 0.1) is 6.61 Å². The molecule has 2 aromatic heterocycles. The van der Waals surface area contributed by atoms with Gasteiger partial charge in [0.25, 0.3) is 0 Å². The van der Waals surface area contributed by atoms with Crippen LogP contribution in [-0.2, 0) is 13.1 Å². The van der Waals surface area contributed by atoms with Crippen LogP contribution in [0.15, 0.2) is 66.0 Å². The maximum absolute atomic E-state index is 6.00. The van der Waals surface area contributed by atoms with Gasteiger partial charge in [0.15, 0.2) is 5.96 Å². The first-order chi connectivity index (χ1) is 15.3. The Morgan fingerprint density at radius 3 is 2.59 bits per heavy atom. The summed E-state index contributed by atoms with van der Waals surface area (Å²) in [4.78, 5) is 8.67. The molecule has 32 heavy (non-hydrogen) atoms. The summed E-state index contributed by atoms with van der Waals surface area (Å²) in [5.41, 5.74) is 0.938. The molecule has 0 radical (unpaired) electrons. The van der Waals surface area contributed by atoms with Crippen molar-refractivity contribution in [1.82, 2.24) is 25.4 Å². The van der Waals surface area contributed by atoms with Crippen LogP contribution in [0.1, 0.15) is 25.3 Å². The summed E-state index contributed by atoms with van der Waals surface area (Å²) in [6, 6.07) is 13.4. The monoisotopic (exact) mass is 550 g/mol. The molecule has 0 bridgehead atoms. The van der Waals surface area contributed by atoms with Crippen molar-refractivity contribution in [3.8, 4) is 17.4 Å². The van der Waals surface area contributed by atoms with Gasteiger partial charge in [-0.1, -0.05) is 13.0 Å². The molecule has 1 aromatic carbocycles. The van der Waals surface area contributed by atoms with Crippen molar-refractivity contribution >= 4 is 29.9 Å². The van der Waals surface area contributed by atoms with E-state index in [2.05, 4.69) is 32.6 Å². The van der Waals surface area contributed by atoms with E-state index in [9.17, 15) is 0 Å². The molecule has 3 rings (SSSR count). The number of aliphatic imine (C=N–C) groups is 1. The molecule has 0 aliphatic carbocycles. The molecule has 0 atom stereocenters. The van der Waals surface area contributed by atoms with Crippen molar-refractivity contribution in [2.24, 2.45) is 4.99 Å². The van der Waals surface area contributed by atoms with Crippen LogP contribution in [0, 0.1) is 0 Å². The largest absolute Gasteiger partial charge is 0.494 e. The minimum absolute atomic E-state index is 0. The van der Waals surface area contributed by atoms with Gasteiger partial charge >= 0.3 is 0 Å². The molecule has 3 aromatic rings. The van der Waals surface area contributed by atoms with E-state index in [1.165, 1.54) is 0 Å². The van der Waals surface area contributed by atoms with E-state index in [4.69, 9.17) is 9.47 Å². The molecule has 0 saturated carbocycles. The third-order valence-corrected chi connectivity index (χ3v) is 4.45. The van der Waals surface area contributed by atoms with Crippen molar-refractivity contribution in [2.75, 3.05) is 20.2 Å². The number of ether oxygens (including phenoxy) is 2. The number of nitrogens with zero attached hydrogens (tertiary/aromatic N) is 4. The van der Waals surface area contributed by atoms with Crippen LogP contribution in [0.4, 0.5) is 0 Å². The van der Waals surface area contributed by atoms with Crippen LogP contribution in [0.2, 0.25) is 0 Å². The maximum atomic E-state index is 6.00. The van der Waals surface area contributed by atoms with Gasteiger partial charge in [0.1, 0.15) is 11.5 Å². The van der Waals surface area contributed by atoms with Crippen molar-refractivity contribution < 1.29 is 9.47 Å². The number of nitrogens with one attached hydrogen (secondary N) is 2. The molecule has 0 fully saturated rings. The summed E-state index contributed by atoms with van der Waals surface area (Å²) in [5.74, 6) is 2.84. The molecule has 2 heterocycles. The third-order valence-electron chi connectivity index (χ3n) is 4.45. The Bertz CT molecular complexity index is 932. The minimum atomic E-state index is 0. The Labute approximate surface area is 206 Å². The molecule has 9 heteroatoms. The van der Waals surface area contributed by atoms with E-state index in [0.29, 0.717) is 24.8 Å². The lowest BCUT2D eigenvalue weighted by atomic mass is 10.2. The average Bonchev–Trinajstić information content (AvgIpc) is 3.33. The summed E-state index contributed by atoms with van der Waals surface area (Å²) < 4.78 is 13.5. The van der Waals surface area contributed by atoms with Gasteiger partial charge < -0.3 is 20.1 Å². The molecule has 0 spiro atoms. The SMILES string of the molecule is CCCOc1ccc(Oc2ncccc2CNC(=NC)NCCCn2cccn2)cc1.I. The molecule has 172 valence electrons. The molecule has 0 saturated heterocycles. The first-order valence-corrected chi connectivity index (χ1v) is 10.5. The fourth-order valence-corrected chi connectivity index (χ4v) is 2.87. The maximum Gasteiger partial charge on any atom is 0.224 e. The van der Waals surface area contributed by atoms with Gasteiger partial charge in [-0.25, -0.2) is 4.98 Å². The van der Waals surface area contributed by atoms with E-state index >= 15 is 0 Å². The molecule has 0 aliphatic heterocycles. The quantitative estimate of drug-likeness (QED) is 0.161. The predicted octanol–water partition coefficient (Wildman–Crippen LogP) is 4.23. The second-order valence-electron chi connectivity index (χ2n) is 6.86. The smallest absolute Gasteiger partial charge is 0.224 e. The summed E-state index contributed by atoms with van der Waals surface area (Å²) >= 11 is 0. The molecule has 8 nitrogen and oxygen atoms in total. The zero-order chi connectivity index (χ0) is 21.7. The topological polar surface area (TPSA) is 85.6 Å². The highest BCUT2D eigenvalue weighted by Crippen LogP contribution is 2.25. The van der Waals surface area contributed by atoms with Crippen molar-refractivity contribution in [3.63, 3.8) is 0 Å². The van der Waals surface area contributed by atoms with Gasteiger partial charge in [0.2, 0.25) is 5.88 Å². The highest BCUT2D eigenvalue weighted by Gasteiger charge is 2.08. The van der Waals surface area contributed by atoms with Crippen molar-refractivity contribution in [1.29, 1.82) is 0 Å². The van der Waals surface area contributed by atoms with E-state index in [-0.39, 0.29) is 24.0 Å². The molecule has 0 amide bonds. The normalized spacial score (nSPS) is 10.9. The van der Waals surface area contributed by atoms with Gasteiger partial charge in [-0.15, -0.1) is 24.0 Å². The van der Waals surface area contributed by atoms with Crippen LogP contribution in [-0.4, -0.2) is 40.9 Å². The first-order valence-electron chi connectivity index (χ1n) is 10.5. The highest BCUT2D eigenvalue weighted by atomic mass is 127. The van der Waals surface area contributed by atoms with E-state index in [1.807, 2.05) is 53.3 Å². The van der Waals surface area contributed by atoms with Crippen molar-refractivity contribution in [3.05, 3.63) is 66.6 Å². The fraction of sp³-hybridized carbons (Fsp3) is 0.348.